The molecule has 79 heavy (non-hydrogen) atoms. The maximum atomic E-state index is 15.3. The minimum absolute atomic E-state index is 0.0946. The average molecular weight is 1120 g/mol. The molecule has 6 rings (SSSR count). The molecule has 3 N–H and O–H groups in total. The van der Waals surface area contributed by atoms with Gasteiger partial charge in [-0.25, -0.2) is 9.59 Å². The number of hydrogen-bond acceptors (Lipinski definition) is 10. The number of carbonyl (C=O) groups excluding carboxylic acids is 5. The molecule has 3 atom stereocenters. The normalized spacial score (nSPS) is 15.6. The molecule has 0 aromatic heterocycles. The summed E-state index contributed by atoms with van der Waals surface area (Å²) in [5.41, 5.74) is 6.18. The summed E-state index contributed by atoms with van der Waals surface area (Å²) in [5, 5.41) is 8.54. The molecule has 1 aliphatic heterocycles. The van der Waals surface area contributed by atoms with Crippen LogP contribution < -0.4 is 25.1 Å². The Kier molecular flexibility index (Phi) is 19.2. The fraction of sp³-hybridized carbons (Fsp3) is 0.500. The van der Waals surface area contributed by atoms with Gasteiger partial charge in [0, 0.05) is 36.1 Å². The van der Waals surface area contributed by atoms with Gasteiger partial charge in [0.15, 0.2) is 20.2 Å². The molecule has 0 spiro atoms. The van der Waals surface area contributed by atoms with Gasteiger partial charge >= 0.3 is 12.2 Å². The molecule has 0 bridgehead atoms. The lowest BCUT2D eigenvalue weighted by atomic mass is 10.0. The third-order valence-corrected chi connectivity index (χ3v) is 26.3. The van der Waals surface area contributed by atoms with Crippen LogP contribution in [-0.4, -0.2) is 101 Å². The van der Waals surface area contributed by atoms with Crippen LogP contribution in [0.15, 0.2) is 91.1 Å². The van der Waals surface area contributed by atoms with Crippen molar-refractivity contribution in [2.24, 2.45) is 5.92 Å². The van der Waals surface area contributed by atoms with Gasteiger partial charge in [-0.3, -0.25) is 24.6 Å². The van der Waals surface area contributed by atoms with Crippen LogP contribution in [0.4, 0.5) is 21.0 Å². The highest BCUT2D eigenvalue weighted by Gasteiger charge is 2.48. The summed E-state index contributed by atoms with van der Waals surface area (Å²) in [4.78, 5) is 73.3. The van der Waals surface area contributed by atoms with E-state index in [9.17, 15) is 19.2 Å². The molecule has 0 fully saturated rings. The fourth-order valence-corrected chi connectivity index (χ4v) is 17.1. The average Bonchev–Trinajstić information content (AvgIpc) is 3.94. The minimum atomic E-state index is -2.55. The molecule has 5 amide bonds. The van der Waals surface area contributed by atoms with Gasteiger partial charge in [-0.15, -0.1) is 0 Å². The highest BCUT2D eigenvalue weighted by atomic mass is 28.4. The van der Waals surface area contributed by atoms with Crippen molar-refractivity contribution in [3.8, 4) is 22.6 Å². The Labute approximate surface area is 471 Å². The molecule has 2 aliphatic rings. The Bertz CT molecular complexity index is 2840. The van der Waals surface area contributed by atoms with Crippen molar-refractivity contribution in [3.05, 3.63) is 113 Å². The number of likely N-dealkylation sites (N-methyl/N-ethyl adjacent to an activating group) is 1. The number of anilines is 2. The number of methoxy groups -OCH3 is 1. The van der Waals surface area contributed by atoms with Gasteiger partial charge in [0.05, 0.1) is 31.0 Å². The fourth-order valence-electron chi connectivity index (χ4n) is 10.8. The second-order valence-corrected chi connectivity index (χ2v) is 35.1. The Balaban J connectivity index is 1.23. The van der Waals surface area contributed by atoms with Gasteiger partial charge in [0.25, 0.3) is 14.2 Å². The summed E-state index contributed by atoms with van der Waals surface area (Å²) in [6.45, 7) is 34.9. The molecule has 428 valence electrons. The summed E-state index contributed by atoms with van der Waals surface area (Å²) >= 11 is 0. The van der Waals surface area contributed by atoms with Gasteiger partial charge in [0.1, 0.15) is 23.4 Å². The maximum Gasteiger partial charge on any atom is 0.412 e. The summed E-state index contributed by atoms with van der Waals surface area (Å²) in [5.74, 6) is -0.853. The molecule has 4 aromatic carbocycles. The van der Waals surface area contributed by atoms with Crippen molar-refractivity contribution in [2.75, 3.05) is 31.4 Å². The van der Waals surface area contributed by atoms with Crippen LogP contribution in [0.2, 0.25) is 34.8 Å². The Morgan fingerprint density at radius 2 is 1.29 bits per heavy atom. The molecular formula is C62H87N5O10Si2. The molecule has 17 heteroatoms. The van der Waals surface area contributed by atoms with Crippen molar-refractivity contribution >= 4 is 63.5 Å². The van der Waals surface area contributed by atoms with Gasteiger partial charge < -0.3 is 38.6 Å². The van der Waals surface area contributed by atoms with Crippen molar-refractivity contribution in [3.63, 3.8) is 0 Å². The van der Waals surface area contributed by atoms with E-state index in [1.54, 1.807) is 64.0 Å². The van der Waals surface area contributed by atoms with Gasteiger partial charge in [0.2, 0.25) is 11.8 Å². The van der Waals surface area contributed by atoms with Crippen molar-refractivity contribution in [1.82, 2.24) is 15.1 Å². The number of carbonyl (C=O) groups is 5. The van der Waals surface area contributed by atoms with E-state index < -0.39 is 70.5 Å². The standard InChI is InChI=1S/C62H87N5O10Si2/c1-37(2)54(66(16)60(72)75-55-48-26-22-20-24-46(48)47-25-21-23-27-49(47)55)57(69)63-41(9)56(68)64-44-30-28-42(29-31-44)43-32-45(36-74-78(18,19)62(13,14)15)67(35-43)58(70)50-33-52(73-17)53(34-51(50)65-59(71)76-61(10,11)12)77-79(38(3)4,39(5)6)40(7)8/h20-31,33-35,37-41,45,54-55H,32,36H2,1-19H3,(H,63,69)(H,64,68)(H,65,71)/t41?,45-,54?/m0/s1. The molecule has 0 saturated carbocycles. The van der Waals surface area contributed by atoms with Crippen LogP contribution >= 0.6 is 0 Å². The second-order valence-electron chi connectivity index (χ2n) is 24.9. The Morgan fingerprint density at radius 1 is 0.734 bits per heavy atom. The second kappa shape index (κ2) is 24.5. The zero-order chi connectivity index (χ0) is 58.7. The van der Waals surface area contributed by atoms with Crippen molar-refractivity contribution < 1.29 is 47.0 Å². The first-order valence-corrected chi connectivity index (χ1v) is 32.8. The molecule has 1 heterocycles. The van der Waals surface area contributed by atoms with Crippen LogP contribution in [0.1, 0.15) is 143 Å². The number of fused-ring (bicyclic) bond motifs is 3. The first kappa shape index (κ1) is 61.8. The number of amides is 5. The van der Waals surface area contributed by atoms with Crippen molar-refractivity contribution in [1.29, 1.82) is 0 Å². The van der Waals surface area contributed by atoms with Gasteiger partial charge in [-0.2, -0.15) is 0 Å². The predicted octanol–water partition coefficient (Wildman–Crippen LogP) is 14.2. The quantitative estimate of drug-likeness (QED) is 0.0767. The van der Waals surface area contributed by atoms with E-state index in [4.69, 9.17) is 23.1 Å². The van der Waals surface area contributed by atoms with Crippen molar-refractivity contribution in [2.45, 2.75) is 175 Å². The van der Waals surface area contributed by atoms with Crippen LogP contribution in [0.25, 0.3) is 16.7 Å². The predicted molar refractivity (Wildman–Crippen MR) is 319 cm³/mol. The molecule has 0 saturated heterocycles. The van der Waals surface area contributed by atoms with Crippen LogP contribution in [0.5, 0.6) is 11.5 Å². The van der Waals surface area contributed by atoms with Crippen LogP contribution in [0.3, 0.4) is 0 Å². The maximum absolute atomic E-state index is 15.3. The third kappa shape index (κ3) is 13.8. The van der Waals surface area contributed by atoms with Gasteiger partial charge in [-0.05, 0) is 115 Å². The molecule has 4 aromatic rings. The first-order chi connectivity index (χ1) is 36.8. The first-order valence-electron chi connectivity index (χ1n) is 27.7. The third-order valence-electron chi connectivity index (χ3n) is 15.9. The Hall–Kier alpha value is -6.44. The topological polar surface area (TPSA) is 174 Å². The highest BCUT2D eigenvalue weighted by molar-refractivity contribution is 6.78. The van der Waals surface area contributed by atoms with Crippen LogP contribution in [-0.2, 0) is 23.5 Å². The number of rotatable bonds is 19. The van der Waals surface area contributed by atoms with E-state index in [0.29, 0.717) is 23.6 Å². The number of nitrogens with zero attached hydrogens (tertiary/aromatic N) is 2. The SMILES string of the molecule is COc1cc(C(=O)N2C=C(c3ccc(NC(=O)C(C)NC(=O)C(C(C)C)N(C)C(=O)OC4c5ccccc5-c5ccccc54)cc3)C[C@H]2CO[Si](C)(C)C(C)(C)C)c(NC(=O)OC(C)(C)C)cc1O[Si](C(C)C)(C(C)C)C(C)C. The monoisotopic (exact) mass is 1120 g/mol. The van der Waals surface area contributed by atoms with E-state index in [1.165, 1.54) is 11.9 Å². The van der Waals surface area contributed by atoms with E-state index in [1.807, 2.05) is 80.7 Å². The highest BCUT2D eigenvalue weighted by Crippen LogP contribution is 2.48. The van der Waals surface area contributed by atoms with Crippen LogP contribution in [0, 0.1) is 5.92 Å². The van der Waals surface area contributed by atoms with E-state index >= 15 is 4.79 Å². The number of nitrogens with one attached hydrogen (secondary N) is 3. The smallest absolute Gasteiger partial charge is 0.412 e. The molecule has 2 unspecified atom stereocenters. The number of ether oxygens (including phenoxy) is 3. The largest absolute Gasteiger partial charge is 0.540 e. The van der Waals surface area contributed by atoms with E-state index in [-0.39, 0.29) is 51.3 Å². The Morgan fingerprint density at radius 3 is 1.80 bits per heavy atom. The summed E-state index contributed by atoms with van der Waals surface area (Å²) < 4.78 is 31.8. The zero-order valence-corrected chi connectivity index (χ0v) is 52.2. The summed E-state index contributed by atoms with van der Waals surface area (Å²) in [7, 11) is -1.76. The molecule has 0 radical (unpaired) electrons. The van der Waals surface area contributed by atoms with E-state index in [2.05, 4.69) is 91.4 Å². The zero-order valence-electron chi connectivity index (χ0n) is 50.2. The summed E-state index contributed by atoms with van der Waals surface area (Å²) in [6, 6.07) is 23.9. The minimum Gasteiger partial charge on any atom is -0.540 e. The lowest BCUT2D eigenvalue weighted by Crippen LogP contribution is -2.54. The molecular weight excluding hydrogens is 1030 g/mol. The van der Waals surface area contributed by atoms with E-state index in [0.717, 1.165) is 33.4 Å². The lowest BCUT2D eigenvalue weighted by Gasteiger charge is -2.42. The lowest BCUT2D eigenvalue weighted by molar-refractivity contribution is -0.130. The van der Waals surface area contributed by atoms with Gasteiger partial charge in [-0.1, -0.05) is 137 Å². The molecule has 15 nitrogen and oxygen atoms in total. The number of hydrogen-bond donors (Lipinski definition) is 3. The summed E-state index contributed by atoms with van der Waals surface area (Å²) in [6.07, 6.45) is 0.267. The molecule has 1 aliphatic carbocycles. The number of benzene rings is 4.